The molecule has 1 heterocycles. The highest BCUT2D eigenvalue weighted by Gasteiger charge is 2.17. The Labute approximate surface area is 82.1 Å². The third-order valence-electron chi connectivity index (χ3n) is 1.95. The average molecular weight is 201 g/mol. The Bertz CT molecular complexity index is 220. The minimum absolute atomic E-state index is 0.00248. The molecule has 1 saturated heterocycles. The number of hydrogen-bond donors (Lipinski definition) is 3. The van der Waals surface area contributed by atoms with Crippen LogP contribution >= 0.6 is 0 Å². The third kappa shape index (κ3) is 4.20. The first-order valence-electron chi connectivity index (χ1n) is 4.61. The maximum atomic E-state index is 11.1. The fourth-order valence-electron chi connectivity index (χ4n) is 1.31. The topological polar surface area (TPSA) is 93.5 Å². The van der Waals surface area contributed by atoms with E-state index in [-0.39, 0.29) is 18.6 Å². The Morgan fingerprint density at radius 3 is 3.21 bits per heavy atom. The van der Waals surface area contributed by atoms with Crippen molar-refractivity contribution in [3.05, 3.63) is 0 Å². The highest BCUT2D eigenvalue weighted by Crippen LogP contribution is 2.05. The van der Waals surface area contributed by atoms with E-state index < -0.39 is 5.91 Å². The molecule has 6 heteroatoms. The fraction of sp³-hybridized carbons (Fsp3) is 0.750. The molecule has 0 aromatic rings. The van der Waals surface area contributed by atoms with Crippen molar-refractivity contribution in [2.45, 2.75) is 25.3 Å². The molecule has 1 unspecified atom stereocenters. The number of rotatable bonds is 4. The number of carbonyl (C=O) groups is 2. The van der Waals surface area contributed by atoms with Crippen LogP contribution in [-0.4, -0.2) is 31.0 Å². The van der Waals surface area contributed by atoms with Gasteiger partial charge in [-0.3, -0.25) is 14.4 Å². The molecule has 0 radical (unpaired) electrons. The average Bonchev–Trinajstić information content (AvgIpc) is 2.29. The summed E-state index contributed by atoms with van der Waals surface area (Å²) in [6.45, 7) is 0.533. The molecule has 1 rings (SSSR count). The van der Waals surface area contributed by atoms with Crippen LogP contribution < -0.4 is 16.5 Å². The first-order chi connectivity index (χ1) is 6.68. The molecule has 0 spiro atoms. The quantitative estimate of drug-likeness (QED) is 0.491. The first-order valence-corrected chi connectivity index (χ1v) is 4.61. The summed E-state index contributed by atoms with van der Waals surface area (Å²) in [4.78, 5) is 26.3. The molecule has 6 nitrogen and oxygen atoms in total. The predicted molar refractivity (Wildman–Crippen MR) is 48.9 cm³/mol. The largest absolute Gasteiger partial charge is 0.368 e. The minimum Gasteiger partial charge on any atom is -0.368 e. The third-order valence-corrected chi connectivity index (χ3v) is 1.95. The zero-order valence-electron chi connectivity index (χ0n) is 7.91. The standard InChI is InChI=1S/C8H15N3O3/c9-7(12)5-14-11-6-2-1-3-10-8(13)4-6/h6,11H,1-5H2,(H2,9,12)(H,10,13). The van der Waals surface area contributed by atoms with E-state index >= 15 is 0 Å². The molecule has 0 aromatic carbocycles. The van der Waals surface area contributed by atoms with E-state index in [2.05, 4.69) is 10.8 Å². The SMILES string of the molecule is NC(=O)CONC1CCCNC(=O)C1. The summed E-state index contributed by atoms with van der Waals surface area (Å²) in [6, 6.07) is -0.0307. The second-order valence-corrected chi connectivity index (χ2v) is 3.27. The van der Waals surface area contributed by atoms with Crippen molar-refractivity contribution in [1.29, 1.82) is 0 Å². The monoisotopic (exact) mass is 201 g/mol. The van der Waals surface area contributed by atoms with Gasteiger partial charge in [-0.05, 0) is 12.8 Å². The Morgan fingerprint density at radius 1 is 1.71 bits per heavy atom. The number of nitrogens with two attached hydrogens (primary N) is 1. The maximum Gasteiger partial charge on any atom is 0.245 e. The van der Waals surface area contributed by atoms with E-state index in [1.165, 1.54) is 0 Å². The first kappa shape index (κ1) is 10.9. The van der Waals surface area contributed by atoms with Gasteiger partial charge in [0, 0.05) is 19.0 Å². The lowest BCUT2D eigenvalue weighted by Gasteiger charge is -2.13. The summed E-state index contributed by atoms with van der Waals surface area (Å²) in [5.74, 6) is -0.529. The summed E-state index contributed by atoms with van der Waals surface area (Å²) >= 11 is 0. The van der Waals surface area contributed by atoms with Crippen LogP contribution in [0.1, 0.15) is 19.3 Å². The highest BCUT2D eigenvalue weighted by molar-refractivity contribution is 5.76. The fourth-order valence-corrected chi connectivity index (χ4v) is 1.31. The zero-order valence-corrected chi connectivity index (χ0v) is 7.91. The van der Waals surface area contributed by atoms with Crippen molar-refractivity contribution in [2.24, 2.45) is 5.73 Å². The minimum atomic E-state index is -0.532. The molecule has 1 fully saturated rings. The van der Waals surface area contributed by atoms with Gasteiger partial charge in [-0.25, -0.2) is 0 Å². The molecule has 1 atom stereocenters. The van der Waals surface area contributed by atoms with Gasteiger partial charge in [-0.15, -0.1) is 0 Å². The second kappa shape index (κ2) is 5.56. The van der Waals surface area contributed by atoms with E-state index in [1.54, 1.807) is 0 Å². The van der Waals surface area contributed by atoms with Crippen LogP contribution in [0.25, 0.3) is 0 Å². The summed E-state index contributed by atoms with van der Waals surface area (Å²) < 4.78 is 0. The number of nitrogens with one attached hydrogen (secondary N) is 2. The molecule has 0 aromatic heterocycles. The van der Waals surface area contributed by atoms with Crippen LogP contribution in [0.5, 0.6) is 0 Å². The summed E-state index contributed by atoms with van der Waals surface area (Å²) in [7, 11) is 0. The molecule has 4 N–H and O–H groups in total. The van der Waals surface area contributed by atoms with E-state index in [1.807, 2.05) is 0 Å². The van der Waals surface area contributed by atoms with Crippen LogP contribution in [0, 0.1) is 0 Å². The van der Waals surface area contributed by atoms with E-state index in [0.29, 0.717) is 13.0 Å². The molecular weight excluding hydrogens is 186 g/mol. The van der Waals surface area contributed by atoms with Crippen LogP contribution in [0.15, 0.2) is 0 Å². The predicted octanol–water partition coefficient (Wildman–Crippen LogP) is -1.34. The lowest BCUT2D eigenvalue weighted by molar-refractivity contribution is -0.126. The van der Waals surface area contributed by atoms with Gasteiger partial charge in [0.15, 0.2) is 0 Å². The van der Waals surface area contributed by atoms with Gasteiger partial charge in [-0.2, -0.15) is 5.48 Å². The molecule has 2 amide bonds. The summed E-state index contributed by atoms with van der Waals surface area (Å²) in [5, 5.41) is 2.75. The summed E-state index contributed by atoms with van der Waals surface area (Å²) in [5.41, 5.74) is 7.54. The van der Waals surface area contributed by atoms with Crippen LogP contribution in [-0.2, 0) is 14.4 Å². The van der Waals surface area contributed by atoms with Crippen molar-refractivity contribution in [1.82, 2.24) is 10.8 Å². The van der Waals surface area contributed by atoms with Gasteiger partial charge in [0.2, 0.25) is 11.8 Å². The van der Waals surface area contributed by atoms with Crippen molar-refractivity contribution in [3.8, 4) is 0 Å². The Morgan fingerprint density at radius 2 is 2.50 bits per heavy atom. The number of amides is 2. The van der Waals surface area contributed by atoms with Crippen molar-refractivity contribution < 1.29 is 14.4 Å². The van der Waals surface area contributed by atoms with Crippen molar-refractivity contribution >= 4 is 11.8 Å². The lowest BCUT2D eigenvalue weighted by Crippen LogP contribution is -2.35. The van der Waals surface area contributed by atoms with Gasteiger partial charge in [-0.1, -0.05) is 0 Å². The van der Waals surface area contributed by atoms with Gasteiger partial charge >= 0.3 is 0 Å². The Kier molecular flexibility index (Phi) is 4.34. The van der Waals surface area contributed by atoms with Crippen LogP contribution in [0.4, 0.5) is 0 Å². The number of hydrogen-bond acceptors (Lipinski definition) is 4. The number of hydroxylamine groups is 1. The zero-order chi connectivity index (χ0) is 10.4. The Balaban J connectivity index is 2.21. The lowest BCUT2D eigenvalue weighted by atomic mass is 10.1. The van der Waals surface area contributed by atoms with Gasteiger partial charge in [0.25, 0.3) is 0 Å². The normalized spacial score (nSPS) is 22.6. The van der Waals surface area contributed by atoms with Gasteiger partial charge in [0.1, 0.15) is 6.61 Å². The highest BCUT2D eigenvalue weighted by atomic mass is 16.6. The van der Waals surface area contributed by atoms with Crippen LogP contribution in [0.3, 0.4) is 0 Å². The second-order valence-electron chi connectivity index (χ2n) is 3.27. The number of carbonyl (C=O) groups excluding carboxylic acids is 2. The van der Waals surface area contributed by atoms with Crippen molar-refractivity contribution in [2.75, 3.05) is 13.2 Å². The Hall–Kier alpha value is -1.14. The van der Waals surface area contributed by atoms with Crippen LogP contribution in [0.2, 0.25) is 0 Å². The molecule has 0 aliphatic carbocycles. The molecule has 80 valence electrons. The molecule has 0 bridgehead atoms. The molecular formula is C8H15N3O3. The molecule has 14 heavy (non-hydrogen) atoms. The number of primary amides is 1. The van der Waals surface area contributed by atoms with E-state index in [4.69, 9.17) is 10.6 Å². The van der Waals surface area contributed by atoms with E-state index in [9.17, 15) is 9.59 Å². The maximum absolute atomic E-state index is 11.1. The molecule has 1 aliphatic rings. The van der Waals surface area contributed by atoms with Crippen molar-refractivity contribution in [3.63, 3.8) is 0 Å². The summed E-state index contributed by atoms with van der Waals surface area (Å²) in [6.07, 6.45) is 2.12. The van der Waals surface area contributed by atoms with E-state index in [0.717, 1.165) is 12.8 Å². The van der Waals surface area contributed by atoms with Gasteiger partial charge in [0.05, 0.1) is 0 Å². The van der Waals surface area contributed by atoms with Gasteiger partial charge < -0.3 is 11.1 Å². The molecule has 0 saturated carbocycles. The smallest absolute Gasteiger partial charge is 0.245 e. The molecule has 1 aliphatic heterocycles.